The van der Waals surface area contributed by atoms with E-state index in [1.165, 1.54) is 0 Å². The number of aliphatic hydroxyl groups excluding tert-OH is 2. The summed E-state index contributed by atoms with van der Waals surface area (Å²) in [5, 5.41) is 74.3. The van der Waals surface area contributed by atoms with Crippen molar-refractivity contribution in [1.29, 1.82) is 0 Å². The van der Waals surface area contributed by atoms with Crippen LogP contribution in [0.1, 0.15) is 99.8 Å². The summed E-state index contributed by atoms with van der Waals surface area (Å²) in [6.45, 7) is 18.5. The number of nitrogens with zero attached hydrogens (tertiary/aromatic N) is 1. The van der Waals surface area contributed by atoms with E-state index in [1.807, 2.05) is 6.92 Å². The van der Waals surface area contributed by atoms with Gasteiger partial charge in [-0.05, 0) is 83.0 Å². The maximum Gasteiger partial charge on any atom is 0.309 e. The van der Waals surface area contributed by atoms with E-state index >= 15 is 0 Å². The predicted molar refractivity (Wildman–Crippen MR) is 178 cm³/mol. The molecule has 3 heterocycles. The lowest BCUT2D eigenvalue weighted by molar-refractivity contribution is -0.300. The Bertz CT molecular complexity index is 1360. The highest BCUT2D eigenvalue weighted by Gasteiger charge is 2.87. The minimum absolute atomic E-state index is 0.00897. The van der Waals surface area contributed by atoms with Crippen molar-refractivity contribution in [1.82, 2.24) is 4.90 Å². The number of aliphatic hydroxyl groups is 6. The minimum Gasteiger partial charge on any atom is -0.487 e. The molecule has 278 valence electrons. The third-order valence-corrected chi connectivity index (χ3v) is 15.6. The maximum absolute atomic E-state index is 13.5. The van der Waals surface area contributed by atoms with Gasteiger partial charge in [0.05, 0.1) is 29.3 Å². The molecule has 7 rings (SSSR count). The Morgan fingerprint density at radius 1 is 1.10 bits per heavy atom. The average molecular weight is 692 g/mol. The molecular weight excluding hydrogens is 630 g/mol. The molecule has 0 aromatic heterocycles. The number of esters is 1. The van der Waals surface area contributed by atoms with Crippen LogP contribution in [0.2, 0.25) is 0 Å². The number of carbonyl (C=O) groups is 1. The van der Waals surface area contributed by atoms with E-state index in [4.69, 9.17) is 14.2 Å². The predicted octanol–water partition coefficient (Wildman–Crippen LogP) is 2.48. The third kappa shape index (κ3) is 4.58. The summed E-state index contributed by atoms with van der Waals surface area (Å²) in [7, 11) is 0. The molecule has 3 saturated heterocycles. The van der Waals surface area contributed by atoms with Crippen molar-refractivity contribution < 1.29 is 49.6 Å². The van der Waals surface area contributed by atoms with Gasteiger partial charge in [0.2, 0.25) is 5.79 Å². The highest BCUT2D eigenvalue weighted by Crippen LogP contribution is 2.77. The zero-order valence-electron chi connectivity index (χ0n) is 30.5. The van der Waals surface area contributed by atoms with Crippen molar-refractivity contribution in [2.24, 2.45) is 46.8 Å². The second kappa shape index (κ2) is 11.3. The van der Waals surface area contributed by atoms with Gasteiger partial charge in [-0.2, -0.15) is 0 Å². The van der Waals surface area contributed by atoms with Gasteiger partial charge in [-0.25, -0.2) is 0 Å². The van der Waals surface area contributed by atoms with Gasteiger partial charge in [0.25, 0.3) is 0 Å². The van der Waals surface area contributed by atoms with Crippen molar-refractivity contribution in [2.75, 3.05) is 13.1 Å². The van der Waals surface area contributed by atoms with Gasteiger partial charge in [0, 0.05) is 42.3 Å². The van der Waals surface area contributed by atoms with Gasteiger partial charge in [0.15, 0.2) is 12.2 Å². The summed E-state index contributed by atoms with van der Waals surface area (Å²) >= 11 is 0. The molecule has 4 bridgehead atoms. The molecule has 0 aromatic rings. The minimum atomic E-state index is -1.89. The standard InChI is InChI=1S/C38H61NO10/c1-9-20(4)32(42)48-27-13-14-33(6)25-15-24(40)30-36(33,49-38(25,27)46)16-23-22-18-39-17-19(3)11-12-26(39)35(8,44)28(22)29(41)31(37(23,30)45)47-21(5)34(7,43)10-2/h19-20,22-31,40-41,43-46H,5,9-18H2,1-4,6-8H3/t19-,20-,22-,23-,24+,25-,26+,27-,28+,29+,30+,31-,33-,34+,35+,36+,37-,38-/m0/s1. The molecule has 0 radical (unpaired) electrons. The third-order valence-electron chi connectivity index (χ3n) is 15.6. The highest BCUT2D eigenvalue weighted by atomic mass is 16.7. The first-order chi connectivity index (χ1) is 22.7. The molecule has 7 aliphatic rings. The molecule has 0 unspecified atom stereocenters. The molecule has 49 heavy (non-hydrogen) atoms. The lowest BCUT2D eigenvalue weighted by Gasteiger charge is -2.64. The number of fused-ring (bicyclic) bond motifs is 5. The molecule has 3 aliphatic heterocycles. The molecule has 11 nitrogen and oxygen atoms in total. The summed E-state index contributed by atoms with van der Waals surface area (Å²) in [5.74, 6) is -5.49. The number of rotatable bonds is 7. The lowest BCUT2D eigenvalue weighted by Crippen LogP contribution is -2.77. The molecule has 0 aromatic carbocycles. The van der Waals surface area contributed by atoms with E-state index in [0.717, 1.165) is 19.4 Å². The van der Waals surface area contributed by atoms with Gasteiger partial charge in [-0.3, -0.25) is 9.69 Å². The van der Waals surface area contributed by atoms with Crippen molar-refractivity contribution >= 4 is 5.97 Å². The van der Waals surface area contributed by atoms with E-state index in [2.05, 4.69) is 25.3 Å². The van der Waals surface area contributed by atoms with Crippen LogP contribution in [0, 0.1) is 46.8 Å². The summed E-state index contributed by atoms with van der Waals surface area (Å²) in [6, 6.07) is -0.189. The fourth-order valence-corrected chi connectivity index (χ4v) is 12.6. The van der Waals surface area contributed by atoms with E-state index in [1.54, 1.807) is 27.7 Å². The molecule has 4 aliphatic carbocycles. The number of piperidine rings is 2. The van der Waals surface area contributed by atoms with Gasteiger partial charge < -0.3 is 44.8 Å². The Morgan fingerprint density at radius 2 is 1.80 bits per heavy atom. The van der Waals surface area contributed by atoms with E-state index in [9.17, 15) is 35.4 Å². The van der Waals surface area contributed by atoms with Crippen molar-refractivity contribution in [3.63, 3.8) is 0 Å². The summed E-state index contributed by atoms with van der Waals surface area (Å²) in [5.41, 5.74) is -6.66. The number of hydrogen-bond donors (Lipinski definition) is 6. The Balaban J connectivity index is 1.36. The Morgan fingerprint density at radius 3 is 2.45 bits per heavy atom. The van der Waals surface area contributed by atoms with Crippen LogP contribution in [0.4, 0.5) is 0 Å². The monoisotopic (exact) mass is 691 g/mol. The van der Waals surface area contributed by atoms with Crippen LogP contribution in [0.5, 0.6) is 0 Å². The summed E-state index contributed by atoms with van der Waals surface area (Å²) in [4.78, 5) is 15.4. The quantitative estimate of drug-likeness (QED) is 0.171. The SMILES string of the molecule is C=C(O[C@H]1[C@H](O)[C@H]2[C@@H](CN3C[C@@H](C)CC[C@@H]3[C@@]2(C)O)[C@@H]2C[C@]34O[C@]5(O)[C@@H](OC(=O)[C@@H](C)CC)CC[C@@]3(C)[C@@H]5C[C@@H](O)[C@H]4[C@@]21O)[C@](C)(O)CC. The number of ether oxygens (including phenoxy) is 3. The second-order valence-electron chi connectivity index (χ2n) is 18.1. The Hall–Kier alpha value is -1.31. The largest absolute Gasteiger partial charge is 0.487 e. The zero-order valence-corrected chi connectivity index (χ0v) is 30.5. The first-order valence-corrected chi connectivity index (χ1v) is 19.0. The van der Waals surface area contributed by atoms with Crippen LogP contribution in [0.15, 0.2) is 12.3 Å². The molecule has 18 atom stereocenters. The van der Waals surface area contributed by atoms with E-state index in [0.29, 0.717) is 31.7 Å². The normalized spacial score (nSPS) is 54.8. The molecule has 0 amide bonds. The van der Waals surface area contributed by atoms with Crippen LogP contribution < -0.4 is 0 Å². The molecular formula is C38H61NO10. The molecule has 11 heteroatoms. The number of hydrogen-bond acceptors (Lipinski definition) is 11. The van der Waals surface area contributed by atoms with Crippen LogP contribution in [-0.4, -0.2) is 113 Å². The smallest absolute Gasteiger partial charge is 0.309 e. The zero-order chi connectivity index (χ0) is 35.9. The molecule has 7 fully saturated rings. The van der Waals surface area contributed by atoms with Crippen LogP contribution in [-0.2, 0) is 19.0 Å². The van der Waals surface area contributed by atoms with Gasteiger partial charge in [-0.1, -0.05) is 41.2 Å². The summed E-state index contributed by atoms with van der Waals surface area (Å²) < 4.78 is 19.4. The van der Waals surface area contributed by atoms with E-state index < -0.39 is 93.6 Å². The topological polar surface area (TPSA) is 169 Å². The van der Waals surface area contributed by atoms with Gasteiger partial charge in [-0.15, -0.1) is 0 Å². The molecule has 4 saturated carbocycles. The first-order valence-electron chi connectivity index (χ1n) is 19.0. The molecule has 1 spiro atoms. The van der Waals surface area contributed by atoms with Crippen molar-refractivity contribution in [3.8, 4) is 0 Å². The van der Waals surface area contributed by atoms with Crippen LogP contribution in [0.25, 0.3) is 0 Å². The Kier molecular flexibility index (Phi) is 8.35. The Labute approximate surface area is 291 Å². The van der Waals surface area contributed by atoms with Crippen molar-refractivity contribution in [2.45, 2.75) is 158 Å². The summed E-state index contributed by atoms with van der Waals surface area (Å²) in [6.07, 6.45) is -0.958. The average Bonchev–Trinajstić information content (AvgIpc) is 3.31. The van der Waals surface area contributed by atoms with Crippen molar-refractivity contribution in [3.05, 3.63) is 12.3 Å². The maximum atomic E-state index is 13.5. The fraction of sp³-hybridized carbons (Fsp3) is 0.921. The number of carbonyl (C=O) groups excluding carboxylic acids is 1. The van der Waals surface area contributed by atoms with Gasteiger partial charge in [0.1, 0.15) is 17.0 Å². The van der Waals surface area contributed by atoms with Crippen LogP contribution in [0.3, 0.4) is 0 Å². The first kappa shape index (κ1) is 36.1. The lowest BCUT2D eigenvalue weighted by atomic mass is 9.49. The second-order valence-corrected chi connectivity index (χ2v) is 18.1. The van der Waals surface area contributed by atoms with Gasteiger partial charge >= 0.3 is 5.97 Å². The van der Waals surface area contributed by atoms with Crippen LogP contribution >= 0.6 is 0 Å². The molecule has 6 N–H and O–H groups in total. The highest BCUT2D eigenvalue weighted by molar-refractivity contribution is 5.72. The fourth-order valence-electron chi connectivity index (χ4n) is 12.6. The van der Waals surface area contributed by atoms with E-state index in [-0.39, 0.29) is 37.0 Å².